The van der Waals surface area contributed by atoms with Crippen molar-refractivity contribution in [3.05, 3.63) is 11.6 Å². The molecule has 0 unspecified atom stereocenters. The van der Waals surface area contributed by atoms with Crippen molar-refractivity contribution < 1.29 is 33.3 Å². The number of hydrogen-bond donors (Lipinski definition) is 1. The molecule has 1 N–H and O–H groups in total. The number of allylic oxidation sites excluding steroid dienone is 1. The molecule has 8 nitrogen and oxygen atoms in total. The van der Waals surface area contributed by atoms with E-state index in [2.05, 4.69) is 32.2 Å². The molecule has 1 saturated carbocycles. The highest BCUT2D eigenvalue weighted by Gasteiger charge is 2.72. The van der Waals surface area contributed by atoms with Gasteiger partial charge in [-0.1, -0.05) is 25.5 Å². The van der Waals surface area contributed by atoms with E-state index < -0.39 is 29.8 Å². The van der Waals surface area contributed by atoms with E-state index in [9.17, 15) is 9.59 Å². The molecule has 1 amide bonds. The lowest BCUT2D eigenvalue weighted by atomic mass is 9.68. The van der Waals surface area contributed by atoms with Gasteiger partial charge in [0.05, 0.1) is 25.7 Å². The maximum atomic E-state index is 12.6. The quantitative estimate of drug-likeness (QED) is 0.353. The molecule has 3 fully saturated rings. The average molecular weight is 440 g/mol. The van der Waals surface area contributed by atoms with Gasteiger partial charge in [0.2, 0.25) is 0 Å². The molecule has 176 valence electrons. The first-order chi connectivity index (χ1) is 14.6. The summed E-state index contributed by atoms with van der Waals surface area (Å²) in [6.07, 6.45) is 3.04. The Kier molecular flexibility index (Phi) is 7.03. The lowest BCUT2D eigenvalue weighted by Gasteiger charge is -2.42. The van der Waals surface area contributed by atoms with Crippen LogP contribution in [0.4, 0.5) is 4.79 Å². The number of nitrogens with one attached hydrogen (secondary N) is 1. The minimum Gasteiger partial charge on any atom is -0.467 e. The second kappa shape index (κ2) is 9.08. The Bertz CT molecular complexity index is 713. The van der Waals surface area contributed by atoms with Gasteiger partial charge < -0.3 is 29.0 Å². The third-order valence-electron chi connectivity index (χ3n) is 6.89. The minimum atomic E-state index is -0.770. The summed E-state index contributed by atoms with van der Waals surface area (Å²) in [4.78, 5) is 24.6. The predicted molar refractivity (Wildman–Crippen MR) is 114 cm³/mol. The largest absolute Gasteiger partial charge is 0.467 e. The first-order valence-electron chi connectivity index (χ1n) is 11.1. The standard InChI is InChI=1S/C23H37NO7/c1-13(2)8-9-16-22(5,31-16)19-18(27-6)15(10-11-23(19)12-29-23)30-21(26)24-17(14(3)4)20(25)28-7/h8,14-19H,9-12H2,1-7H3,(H,24,26)/t15-,16+,17-,18-,19-,22-,23+/m1/s1. The van der Waals surface area contributed by atoms with Gasteiger partial charge in [-0.15, -0.1) is 0 Å². The lowest BCUT2D eigenvalue weighted by molar-refractivity contribution is -0.144. The molecule has 0 bridgehead atoms. The Labute approximate surface area is 185 Å². The maximum absolute atomic E-state index is 12.6. The third kappa shape index (κ3) is 4.91. The summed E-state index contributed by atoms with van der Waals surface area (Å²) in [5, 5.41) is 2.64. The molecule has 1 spiro atoms. The molecular formula is C23H37NO7. The van der Waals surface area contributed by atoms with Crippen LogP contribution in [0.5, 0.6) is 0 Å². The van der Waals surface area contributed by atoms with E-state index in [1.165, 1.54) is 12.7 Å². The molecule has 2 saturated heterocycles. The van der Waals surface area contributed by atoms with Crippen LogP contribution >= 0.6 is 0 Å². The van der Waals surface area contributed by atoms with Crippen LogP contribution in [-0.2, 0) is 28.5 Å². The Morgan fingerprint density at radius 3 is 2.45 bits per heavy atom. The van der Waals surface area contributed by atoms with Gasteiger partial charge in [-0.3, -0.25) is 0 Å². The molecule has 0 aromatic carbocycles. The predicted octanol–water partition coefficient (Wildman–Crippen LogP) is 2.99. The molecule has 2 aliphatic heterocycles. The summed E-state index contributed by atoms with van der Waals surface area (Å²) in [5.74, 6) is -0.674. The lowest BCUT2D eigenvalue weighted by Crippen LogP contribution is -2.56. The van der Waals surface area contributed by atoms with Gasteiger partial charge in [0.25, 0.3) is 0 Å². The van der Waals surface area contributed by atoms with Crippen LogP contribution in [0.15, 0.2) is 11.6 Å². The van der Waals surface area contributed by atoms with Crippen molar-refractivity contribution >= 4 is 12.1 Å². The number of esters is 1. The summed E-state index contributed by atoms with van der Waals surface area (Å²) >= 11 is 0. The van der Waals surface area contributed by atoms with E-state index >= 15 is 0 Å². The van der Waals surface area contributed by atoms with E-state index in [1.807, 2.05) is 13.8 Å². The number of ether oxygens (including phenoxy) is 5. The van der Waals surface area contributed by atoms with Crippen LogP contribution in [0, 0.1) is 11.8 Å². The SMILES string of the molecule is COC(=O)[C@H](NC(=O)O[C@@H]1CC[C@]2(CO2)[C@@H]([C@]2(C)O[C@H]2CC=C(C)C)[C@@H]1OC)C(C)C. The van der Waals surface area contributed by atoms with Gasteiger partial charge in [0.15, 0.2) is 0 Å². The first-order valence-corrected chi connectivity index (χ1v) is 11.1. The molecule has 8 heteroatoms. The van der Waals surface area contributed by atoms with Crippen LogP contribution in [-0.4, -0.2) is 68.4 Å². The second-order valence-electron chi connectivity index (χ2n) is 9.71. The number of methoxy groups -OCH3 is 2. The molecule has 3 rings (SSSR count). The molecule has 0 radical (unpaired) electrons. The number of alkyl carbamates (subject to hydrolysis) is 1. The summed E-state index contributed by atoms with van der Waals surface area (Å²) in [6.45, 7) is 10.6. The molecule has 7 atom stereocenters. The minimum absolute atomic E-state index is 0.0476. The average Bonchev–Trinajstić information content (AvgIpc) is 3.62. The van der Waals surface area contributed by atoms with Crippen molar-refractivity contribution in [3.63, 3.8) is 0 Å². The van der Waals surface area contributed by atoms with Crippen molar-refractivity contribution in [3.8, 4) is 0 Å². The summed E-state index contributed by atoms with van der Waals surface area (Å²) in [6, 6.07) is -0.770. The molecule has 31 heavy (non-hydrogen) atoms. The molecule has 2 heterocycles. The zero-order chi connectivity index (χ0) is 23.0. The molecular weight excluding hydrogens is 402 g/mol. The fraction of sp³-hybridized carbons (Fsp3) is 0.826. The smallest absolute Gasteiger partial charge is 0.408 e. The normalized spacial score (nSPS) is 37.2. The Hall–Kier alpha value is -1.64. The number of amides is 1. The molecule has 0 aromatic heterocycles. The van der Waals surface area contributed by atoms with Crippen LogP contribution in [0.2, 0.25) is 0 Å². The Morgan fingerprint density at radius 2 is 1.94 bits per heavy atom. The van der Waals surface area contributed by atoms with Gasteiger partial charge >= 0.3 is 12.1 Å². The number of carbonyl (C=O) groups is 2. The zero-order valence-electron chi connectivity index (χ0n) is 19.7. The highest BCUT2D eigenvalue weighted by molar-refractivity contribution is 5.81. The number of hydrogen-bond acceptors (Lipinski definition) is 7. The molecule has 3 aliphatic rings. The van der Waals surface area contributed by atoms with Gasteiger partial charge in [0, 0.05) is 7.11 Å². The van der Waals surface area contributed by atoms with Crippen LogP contribution in [0.1, 0.15) is 53.9 Å². The van der Waals surface area contributed by atoms with E-state index in [0.717, 1.165) is 12.8 Å². The maximum Gasteiger partial charge on any atom is 0.408 e. The summed E-state index contributed by atoms with van der Waals surface area (Å²) in [7, 11) is 2.93. The summed E-state index contributed by atoms with van der Waals surface area (Å²) < 4.78 is 28.5. The highest BCUT2D eigenvalue weighted by Crippen LogP contribution is 2.59. The van der Waals surface area contributed by atoms with Gasteiger partial charge in [-0.25, -0.2) is 9.59 Å². The van der Waals surface area contributed by atoms with Crippen LogP contribution < -0.4 is 5.32 Å². The zero-order valence-corrected chi connectivity index (χ0v) is 19.7. The number of epoxide rings is 2. The van der Waals surface area contributed by atoms with E-state index in [4.69, 9.17) is 23.7 Å². The van der Waals surface area contributed by atoms with Crippen LogP contribution in [0.3, 0.4) is 0 Å². The second-order valence-corrected chi connectivity index (χ2v) is 9.71. The van der Waals surface area contributed by atoms with Crippen LogP contribution in [0.25, 0.3) is 0 Å². The van der Waals surface area contributed by atoms with E-state index in [1.54, 1.807) is 7.11 Å². The van der Waals surface area contributed by atoms with Crippen molar-refractivity contribution in [2.24, 2.45) is 11.8 Å². The van der Waals surface area contributed by atoms with Crippen molar-refractivity contribution in [1.29, 1.82) is 0 Å². The highest BCUT2D eigenvalue weighted by atomic mass is 16.6. The van der Waals surface area contributed by atoms with E-state index in [-0.39, 0.29) is 29.6 Å². The Morgan fingerprint density at radius 1 is 1.26 bits per heavy atom. The fourth-order valence-electron chi connectivity index (χ4n) is 4.99. The third-order valence-corrected chi connectivity index (χ3v) is 6.89. The summed E-state index contributed by atoms with van der Waals surface area (Å²) in [5.41, 5.74) is 0.580. The van der Waals surface area contributed by atoms with Gasteiger partial charge in [-0.2, -0.15) is 0 Å². The number of carbonyl (C=O) groups excluding carboxylic acids is 2. The van der Waals surface area contributed by atoms with Gasteiger partial charge in [-0.05, 0) is 46.0 Å². The van der Waals surface area contributed by atoms with Crippen molar-refractivity contribution in [2.75, 3.05) is 20.8 Å². The topological polar surface area (TPSA) is 98.9 Å². The fourth-order valence-corrected chi connectivity index (χ4v) is 4.99. The monoisotopic (exact) mass is 439 g/mol. The van der Waals surface area contributed by atoms with Crippen molar-refractivity contribution in [1.82, 2.24) is 5.32 Å². The van der Waals surface area contributed by atoms with Gasteiger partial charge in [0.1, 0.15) is 29.5 Å². The molecule has 1 aliphatic carbocycles. The van der Waals surface area contributed by atoms with E-state index in [0.29, 0.717) is 13.0 Å². The van der Waals surface area contributed by atoms with Crippen molar-refractivity contribution in [2.45, 2.75) is 89.4 Å². The first kappa shape index (κ1) is 24.0. The molecule has 0 aromatic rings. The number of rotatable bonds is 8. The Balaban J connectivity index is 1.71.